The Bertz CT molecular complexity index is 147. The molecule has 0 aliphatic rings. The summed E-state index contributed by atoms with van der Waals surface area (Å²) in [6.07, 6.45) is 12.4. The Labute approximate surface area is 83.0 Å². The lowest BCUT2D eigenvalue weighted by atomic mass is 10.2. The Kier molecular flexibility index (Phi) is 9.07. The third kappa shape index (κ3) is 9.32. The van der Waals surface area contributed by atoms with Crippen molar-refractivity contribution in [3.63, 3.8) is 0 Å². The minimum absolute atomic E-state index is 0.490. The van der Waals surface area contributed by atoms with Crippen LogP contribution in [0.2, 0.25) is 0 Å². The first-order chi connectivity index (χ1) is 6.31. The summed E-state index contributed by atoms with van der Waals surface area (Å²) in [6.45, 7) is 6.54. The zero-order valence-electron chi connectivity index (χ0n) is 9.29. The minimum atomic E-state index is 0.490. The number of allylic oxidation sites excluding steroid dienone is 2. The second-order valence-corrected chi connectivity index (χ2v) is 3.44. The van der Waals surface area contributed by atoms with Crippen LogP contribution in [0.5, 0.6) is 0 Å². The average Bonchev–Trinajstić information content (AvgIpc) is 2.16. The van der Waals surface area contributed by atoms with Gasteiger partial charge in [0.1, 0.15) is 0 Å². The zero-order valence-corrected chi connectivity index (χ0v) is 9.29. The van der Waals surface area contributed by atoms with Crippen LogP contribution in [0, 0.1) is 0 Å². The molecule has 0 rings (SSSR count). The van der Waals surface area contributed by atoms with Gasteiger partial charge in [0.25, 0.3) is 0 Å². The number of rotatable bonds is 7. The van der Waals surface area contributed by atoms with Gasteiger partial charge in [-0.1, -0.05) is 38.8 Å². The molecule has 76 valence electrons. The minimum Gasteiger partial charge on any atom is -0.294 e. The van der Waals surface area contributed by atoms with E-state index < -0.39 is 0 Å². The van der Waals surface area contributed by atoms with Gasteiger partial charge in [0.2, 0.25) is 0 Å². The van der Waals surface area contributed by atoms with Crippen LogP contribution in [0.4, 0.5) is 0 Å². The van der Waals surface area contributed by atoms with Gasteiger partial charge in [0.05, 0.1) is 0 Å². The quantitative estimate of drug-likeness (QED) is 0.320. The molecule has 0 saturated heterocycles. The van der Waals surface area contributed by atoms with Crippen molar-refractivity contribution in [2.45, 2.75) is 58.9 Å². The van der Waals surface area contributed by atoms with Crippen molar-refractivity contribution in [1.82, 2.24) is 0 Å². The molecule has 1 heteroatoms. The summed E-state index contributed by atoms with van der Waals surface area (Å²) in [5.41, 5.74) is 0. The van der Waals surface area contributed by atoms with Crippen molar-refractivity contribution in [1.29, 1.82) is 0 Å². The summed E-state index contributed by atoms with van der Waals surface area (Å²) < 4.78 is 0. The van der Waals surface area contributed by atoms with Crippen LogP contribution in [-0.4, -0.2) is 12.3 Å². The number of aliphatic imine (C=N–C) groups is 1. The van der Waals surface area contributed by atoms with Crippen molar-refractivity contribution >= 4 is 6.21 Å². The maximum Gasteiger partial charge on any atom is 0.0465 e. The Morgan fingerprint density at radius 3 is 2.62 bits per heavy atom. The molecule has 0 aliphatic carbocycles. The van der Waals surface area contributed by atoms with Gasteiger partial charge in [-0.05, 0) is 19.8 Å². The molecule has 13 heavy (non-hydrogen) atoms. The predicted molar refractivity (Wildman–Crippen MR) is 61.5 cm³/mol. The highest BCUT2D eigenvalue weighted by molar-refractivity contribution is 5.59. The largest absolute Gasteiger partial charge is 0.294 e. The van der Waals surface area contributed by atoms with Crippen molar-refractivity contribution in [3.8, 4) is 0 Å². The van der Waals surface area contributed by atoms with Crippen LogP contribution in [0.15, 0.2) is 17.1 Å². The molecule has 0 heterocycles. The van der Waals surface area contributed by atoms with Gasteiger partial charge < -0.3 is 0 Å². The van der Waals surface area contributed by atoms with E-state index in [-0.39, 0.29) is 0 Å². The van der Waals surface area contributed by atoms with Crippen molar-refractivity contribution < 1.29 is 0 Å². The van der Waals surface area contributed by atoms with Crippen molar-refractivity contribution in [2.24, 2.45) is 4.99 Å². The molecule has 1 unspecified atom stereocenters. The first-order valence-corrected chi connectivity index (χ1v) is 5.47. The molecule has 0 aromatic rings. The van der Waals surface area contributed by atoms with Crippen LogP contribution < -0.4 is 0 Å². The molecular weight excluding hydrogens is 158 g/mol. The van der Waals surface area contributed by atoms with Crippen LogP contribution >= 0.6 is 0 Å². The van der Waals surface area contributed by atoms with E-state index in [1.54, 1.807) is 0 Å². The molecule has 0 spiro atoms. The summed E-state index contributed by atoms with van der Waals surface area (Å²) in [6, 6.07) is 0.490. The predicted octanol–water partition coefficient (Wildman–Crippen LogP) is 3.99. The Balaban J connectivity index is 3.32. The molecule has 0 saturated carbocycles. The Hall–Kier alpha value is -0.590. The third-order valence-corrected chi connectivity index (χ3v) is 2.08. The molecule has 0 radical (unpaired) electrons. The number of hydrogen-bond acceptors (Lipinski definition) is 1. The molecule has 0 amide bonds. The van der Waals surface area contributed by atoms with Crippen molar-refractivity contribution in [2.75, 3.05) is 0 Å². The summed E-state index contributed by atoms with van der Waals surface area (Å²) in [5.74, 6) is 0. The molecular formula is C12H23N. The molecule has 0 N–H and O–H groups in total. The highest BCUT2D eigenvalue weighted by atomic mass is 14.7. The Morgan fingerprint density at radius 1 is 1.23 bits per heavy atom. The first kappa shape index (κ1) is 12.4. The van der Waals surface area contributed by atoms with Gasteiger partial charge in [-0.25, -0.2) is 0 Å². The Morgan fingerprint density at radius 2 is 2.00 bits per heavy atom. The second kappa shape index (κ2) is 9.50. The topological polar surface area (TPSA) is 12.4 Å². The number of unbranched alkanes of at least 4 members (excludes halogenated alkanes) is 2. The van der Waals surface area contributed by atoms with Crippen molar-refractivity contribution in [3.05, 3.63) is 12.2 Å². The number of nitrogens with zero attached hydrogens (tertiary/aromatic N) is 1. The lowest BCUT2D eigenvalue weighted by Crippen LogP contribution is -1.93. The van der Waals surface area contributed by atoms with Gasteiger partial charge in [-0.2, -0.15) is 0 Å². The van der Waals surface area contributed by atoms with E-state index in [2.05, 4.69) is 37.9 Å². The van der Waals surface area contributed by atoms with E-state index in [4.69, 9.17) is 0 Å². The lowest BCUT2D eigenvalue weighted by molar-refractivity contribution is 0.719. The van der Waals surface area contributed by atoms with E-state index in [0.717, 1.165) is 12.8 Å². The zero-order chi connectivity index (χ0) is 9.94. The maximum absolute atomic E-state index is 4.38. The number of hydrogen-bond donors (Lipinski definition) is 0. The molecule has 1 nitrogen and oxygen atoms in total. The van der Waals surface area contributed by atoms with Gasteiger partial charge in [-0.15, -0.1) is 0 Å². The monoisotopic (exact) mass is 181 g/mol. The molecule has 0 bridgehead atoms. The summed E-state index contributed by atoms with van der Waals surface area (Å²) in [4.78, 5) is 4.38. The maximum atomic E-state index is 4.38. The summed E-state index contributed by atoms with van der Waals surface area (Å²) in [5, 5.41) is 0. The summed E-state index contributed by atoms with van der Waals surface area (Å²) >= 11 is 0. The first-order valence-electron chi connectivity index (χ1n) is 5.47. The van der Waals surface area contributed by atoms with Gasteiger partial charge in [0.15, 0.2) is 0 Å². The second-order valence-electron chi connectivity index (χ2n) is 3.44. The van der Waals surface area contributed by atoms with E-state index in [0.29, 0.717) is 6.04 Å². The summed E-state index contributed by atoms with van der Waals surface area (Å²) in [7, 11) is 0. The van der Waals surface area contributed by atoms with Gasteiger partial charge >= 0.3 is 0 Å². The standard InChI is InChI=1S/C12H23N/c1-4-6-7-8-9-10-11-13-12(3)5-2/h8-9,11-12H,4-7,10H2,1-3H3/b9-8-,13-11?. The van der Waals surface area contributed by atoms with Gasteiger partial charge in [-0.3, -0.25) is 4.99 Å². The van der Waals surface area contributed by atoms with Crippen LogP contribution in [-0.2, 0) is 0 Å². The molecule has 0 aromatic carbocycles. The van der Waals surface area contributed by atoms with Crippen LogP contribution in [0.3, 0.4) is 0 Å². The average molecular weight is 181 g/mol. The lowest BCUT2D eigenvalue weighted by Gasteiger charge is -1.97. The molecule has 0 fully saturated rings. The SMILES string of the molecule is CCCC/C=C\CC=NC(C)CC. The van der Waals surface area contributed by atoms with E-state index in [9.17, 15) is 0 Å². The highest BCUT2D eigenvalue weighted by Gasteiger charge is 1.88. The van der Waals surface area contributed by atoms with E-state index in [1.165, 1.54) is 19.3 Å². The molecule has 0 aromatic heterocycles. The third-order valence-electron chi connectivity index (χ3n) is 2.08. The highest BCUT2D eigenvalue weighted by Crippen LogP contribution is 1.96. The fraction of sp³-hybridized carbons (Fsp3) is 0.750. The normalized spacial score (nSPS) is 14.4. The molecule has 0 aliphatic heterocycles. The van der Waals surface area contributed by atoms with Gasteiger partial charge in [0, 0.05) is 18.7 Å². The van der Waals surface area contributed by atoms with E-state index >= 15 is 0 Å². The van der Waals surface area contributed by atoms with Crippen LogP contribution in [0.25, 0.3) is 0 Å². The van der Waals surface area contributed by atoms with Crippen LogP contribution in [0.1, 0.15) is 52.9 Å². The van der Waals surface area contributed by atoms with E-state index in [1.807, 2.05) is 6.21 Å². The fourth-order valence-corrected chi connectivity index (χ4v) is 0.943. The molecule has 1 atom stereocenters. The fourth-order valence-electron chi connectivity index (χ4n) is 0.943. The smallest absolute Gasteiger partial charge is 0.0465 e.